The fourth-order valence-electron chi connectivity index (χ4n) is 1.92. The van der Waals surface area contributed by atoms with Crippen LogP contribution in [0.3, 0.4) is 0 Å². The van der Waals surface area contributed by atoms with Gasteiger partial charge in [0, 0.05) is 25.2 Å². The molecule has 2 heteroatoms. The molecule has 78 valence electrons. The predicted molar refractivity (Wildman–Crippen MR) is 58.0 cm³/mol. The molecule has 2 atom stereocenters. The first-order valence-electron chi connectivity index (χ1n) is 5.57. The van der Waals surface area contributed by atoms with Gasteiger partial charge in [0.2, 0.25) is 0 Å². The Morgan fingerprint density at radius 3 is 2.69 bits per heavy atom. The summed E-state index contributed by atoms with van der Waals surface area (Å²) in [4.78, 5) is 2.61. The van der Waals surface area contributed by atoms with E-state index in [0.29, 0.717) is 12.1 Å². The second kappa shape index (κ2) is 4.97. The second-order valence-corrected chi connectivity index (χ2v) is 4.84. The van der Waals surface area contributed by atoms with Crippen molar-refractivity contribution < 1.29 is 0 Å². The van der Waals surface area contributed by atoms with Gasteiger partial charge in [-0.3, -0.25) is 4.90 Å². The van der Waals surface area contributed by atoms with Gasteiger partial charge in [-0.05, 0) is 32.7 Å². The fraction of sp³-hybridized carbons (Fsp3) is 1.00. The first-order valence-corrected chi connectivity index (χ1v) is 5.57. The van der Waals surface area contributed by atoms with Gasteiger partial charge in [0.1, 0.15) is 0 Å². The fourth-order valence-corrected chi connectivity index (χ4v) is 1.92. The molecule has 0 spiro atoms. The molecule has 0 amide bonds. The number of nitrogens with one attached hydrogen (secondary N) is 1. The highest BCUT2D eigenvalue weighted by Crippen LogP contribution is 2.09. The lowest BCUT2D eigenvalue weighted by Crippen LogP contribution is -2.39. The van der Waals surface area contributed by atoms with Gasteiger partial charge in [-0.1, -0.05) is 13.8 Å². The summed E-state index contributed by atoms with van der Waals surface area (Å²) in [6, 6.07) is 1.40. The van der Waals surface area contributed by atoms with Crippen molar-refractivity contribution in [3.63, 3.8) is 0 Å². The highest BCUT2D eigenvalue weighted by atomic mass is 15.2. The zero-order valence-corrected chi connectivity index (χ0v) is 9.51. The summed E-state index contributed by atoms with van der Waals surface area (Å²) in [5.74, 6) is 0.788. The molecule has 1 N–H and O–H groups in total. The molecule has 1 heterocycles. The topological polar surface area (TPSA) is 15.3 Å². The van der Waals surface area contributed by atoms with Crippen LogP contribution in [0.5, 0.6) is 0 Å². The summed E-state index contributed by atoms with van der Waals surface area (Å²) >= 11 is 0. The third-order valence-corrected chi connectivity index (χ3v) is 2.83. The smallest absolute Gasteiger partial charge is 0.0192 e. The lowest BCUT2D eigenvalue weighted by atomic mass is 10.1. The van der Waals surface area contributed by atoms with Crippen molar-refractivity contribution in [2.24, 2.45) is 5.92 Å². The van der Waals surface area contributed by atoms with E-state index in [2.05, 4.69) is 37.9 Å². The Hall–Kier alpha value is -0.0800. The van der Waals surface area contributed by atoms with Crippen LogP contribution in [0.25, 0.3) is 0 Å². The van der Waals surface area contributed by atoms with E-state index in [1.807, 2.05) is 0 Å². The summed E-state index contributed by atoms with van der Waals surface area (Å²) in [5.41, 5.74) is 0. The molecule has 2 unspecified atom stereocenters. The third-order valence-electron chi connectivity index (χ3n) is 2.83. The van der Waals surface area contributed by atoms with Crippen molar-refractivity contribution >= 4 is 0 Å². The van der Waals surface area contributed by atoms with Gasteiger partial charge in [0.25, 0.3) is 0 Å². The normalized spacial score (nSPS) is 32.1. The molecule has 0 bridgehead atoms. The Balaban J connectivity index is 2.42. The Kier molecular flexibility index (Phi) is 4.20. The molecule has 1 saturated heterocycles. The maximum Gasteiger partial charge on any atom is 0.0192 e. The van der Waals surface area contributed by atoms with Gasteiger partial charge >= 0.3 is 0 Å². The van der Waals surface area contributed by atoms with Gasteiger partial charge in [0.15, 0.2) is 0 Å². The van der Waals surface area contributed by atoms with E-state index in [4.69, 9.17) is 0 Å². The molecule has 0 saturated carbocycles. The highest BCUT2D eigenvalue weighted by Gasteiger charge is 2.19. The van der Waals surface area contributed by atoms with Crippen LogP contribution in [-0.4, -0.2) is 36.6 Å². The molecule has 13 heavy (non-hydrogen) atoms. The average molecular weight is 184 g/mol. The molecule has 2 nitrogen and oxygen atoms in total. The maximum atomic E-state index is 3.56. The van der Waals surface area contributed by atoms with E-state index in [0.717, 1.165) is 12.5 Å². The SMILES string of the molecule is CC(C)CN1CCC(C)NCC1C. The molecular formula is C11H24N2. The first-order chi connectivity index (χ1) is 6.09. The summed E-state index contributed by atoms with van der Waals surface area (Å²) in [5, 5.41) is 3.56. The van der Waals surface area contributed by atoms with Crippen LogP contribution >= 0.6 is 0 Å². The van der Waals surface area contributed by atoms with Crippen LogP contribution in [0.1, 0.15) is 34.1 Å². The van der Waals surface area contributed by atoms with Crippen molar-refractivity contribution in [1.82, 2.24) is 10.2 Å². The average Bonchev–Trinajstić information content (AvgIpc) is 2.19. The quantitative estimate of drug-likeness (QED) is 0.703. The molecule has 0 aromatic rings. The number of hydrogen-bond donors (Lipinski definition) is 1. The molecule has 0 aromatic carbocycles. The third kappa shape index (κ3) is 3.65. The molecule has 1 aliphatic rings. The van der Waals surface area contributed by atoms with Crippen LogP contribution in [0.2, 0.25) is 0 Å². The lowest BCUT2D eigenvalue weighted by molar-refractivity contribution is 0.198. The van der Waals surface area contributed by atoms with E-state index in [9.17, 15) is 0 Å². The van der Waals surface area contributed by atoms with Crippen LogP contribution in [0.15, 0.2) is 0 Å². The van der Waals surface area contributed by atoms with Crippen molar-refractivity contribution in [1.29, 1.82) is 0 Å². The molecular weight excluding hydrogens is 160 g/mol. The van der Waals surface area contributed by atoms with E-state index >= 15 is 0 Å². The van der Waals surface area contributed by atoms with E-state index < -0.39 is 0 Å². The van der Waals surface area contributed by atoms with Gasteiger partial charge < -0.3 is 5.32 Å². The van der Waals surface area contributed by atoms with E-state index in [1.165, 1.54) is 19.5 Å². The van der Waals surface area contributed by atoms with Gasteiger partial charge in [0.05, 0.1) is 0 Å². The predicted octanol–water partition coefficient (Wildman–Crippen LogP) is 1.71. The van der Waals surface area contributed by atoms with Crippen molar-refractivity contribution in [3.8, 4) is 0 Å². The summed E-state index contributed by atoms with van der Waals surface area (Å²) < 4.78 is 0. The molecule has 1 aliphatic heterocycles. The maximum absolute atomic E-state index is 3.56. The number of rotatable bonds is 2. The van der Waals surface area contributed by atoms with Crippen LogP contribution in [-0.2, 0) is 0 Å². The summed E-state index contributed by atoms with van der Waals surface area (Å²) in [6.45, 7) is 12.9. The minimum atomic E-state index is 0.694. The molecule has 0 aliphatic carbocycles. The van der Waals surface area contributed by atoms with E-state index in [1.54, 1.807) is 0 Å². The van der Waals surface area contributed by atoms with Crippen LogP contribution < -0.4 is 5.32 Å². The summed E-state index contributed by atoms with van der Waals surface area (Å²) in [6.07, 6.45) is 1.29. The second-order valence-electron chi connectivity index (χ2n) is 4.84. The highest BCUT2D eigenvalue weighted by molar-refractivity contribution is 4.78. The number of nitrogens with zero attached hydrogens (tertiary/aromatic N) is 1. The van der Waals surface area contributed by atoms with Crippen molar-refractivity contribution in [2.75, 3.05) is 19.6 Å². The summed E-state index contributed by atoms with van der Waals surface area (Å²) in [7, 11) is 0. The standard InChI is InChI=1S/C11H24N2/c1-9(2)8-13-6-5-10(3)12-7-11(13)4/h9-12H,5-8H2,1-4H3. The van der Waals surface area contributed by atoms with Gasteiger partial charge in [-0.2, -0.15) is 0 Å². The Morgan fingerprint density at radius 1 is 1.38 bits per heavy atom. The van der Waals surface area contributed by atoms with E-state index in [-0.39, 0.29) is 0 Å². The van der Waals surface area contributed by atoms with Crippen molar-refractivity contribution in [2.45, 2.75) is 46.2 Å². The van der Waals surface area contributed by atoms with Crippen molar-refractivity contribution in [3.05, 3.63) is 0 Å². The van der Waals surface area contributed by atoms with Crippen LogP contribution in [0, 0.1) is 5.92 Å². The monoisotopic (exact) mass is 184 g/mol. The Morgan fingerprint density at radius 2 is 2.08 bits per heavy atom. The molecule has 0 aromatic heterocycles. The molecule has 1 rings (SSSR count). The first kappa shape index (κ1) is 11.0. The Labute approximate surface area is 82.7 Å². The largest absolute Gasteiger partial charge is 0.313 e. The minimum Gasteiger partial charge on any atom is -0.313 e. The minimum absolute atomic E-state index is 0.694. The molecule has 1 fully saturated rings. The van der Waals surface area contributed by atoms with Gasteiger partial charge in [-0.15, -0.1) is 0 Å². The zero-order chi connectivity index (χ0) is 9.84. The molecule has 0 radical (unpaired) electrons. The van der Waals surface area contributed by atoms with Crippen LogP contribution in [0.4, 0.5) is 0 Å². The Bertz CT molecular complexity index is 145. The van der Waals surface area contributed by atoms with Gasteiger partial charge in [-0.25, -0.2) is 0 Å². The zero-order valence-electron chi connectivity index (χ0n) is 9.51. The lowest BCUT2D eigenvalue weighted by Gasteiger charge is -2.28. The number of hydrogen-bond acceptors (Lipinski definition) is 2.